The molecule has 0 N–H and O–H groups in total. The van der Waals surface area contributed by atoms with Crippen LogP contribution >= 0.6 is 0 Å². The molecule has 0 fully saturated rings. The van der Waals surface area contributed by atoms with Crippen LogP contribution < -0.4 is 0 Å². The van der Waals surface area contributed by atoms with Crippen molar-refractivity contribution in [3.8, 4) is 0 Å². The molecule has 2 rings (SSSR count). The number of carbonyl (C=O) groups is 1. The standard InChI is InChI=1S/C22H28O/c1-15-10-8-9-11-17(15)12-16-13-18(21(2,3)4)20(23)19(14-16)22(5,6)7/h8-14H,1-7H3. The van der Waals surface area contributed by atoms with Crippen molar-refractivity contribution in [1.82, 2.24) is 0 Å². The van der Waals surface area contributed by atoms with Crippen LogP contribution in [-0.2, 0) is 4.79 Å². The molecule has 1 aromatic carbocycles. The Morgan fingerprint density at radius 3 is 1.74 bits per heavy atom. The van der Waals surface area contributed by atoms with E-state index in [1.807, 2.05) is 0 Å². The van der Waals surface area contributed by atoms with Crippen molar-refractivity contribution in [2.45, 2.75) is 48.5 Å². The third kappa shape index (κ3) is 3.90. The van der Waals surface area contributed by atoms with Crippen molar-refractivity contribution in [3.05, 3.63) is 64.3 Å². The lowest BCUT2D eigenvalue weighted by Gasteiger charge is -2.31. The zero-order valence-corrected chi connectivity index (χ0v) is 15.4. The average Bonchev–Trinajstić information content (AvgIpc) is 2.40. The van der Waals surface area contributed by atoms with Crippen molar-refractivity contribution in [2.24, 2.45) is 10.8 Å². The Kier molecular flexibility index (Phi) is 4.52. The number of rotatable bonds is 1. The summed E-state index contributed by atoms with van der Waals surface area (Å²) in [5.41, 5.74) is 5.02. The van der Waals surface area contributed by atoms with Gasteiger partial charge in [-0.25, -0.2) is 0 Å². The van der Waals surface area contributed by atoms with Gasteiger partial charge in [-0.1, -0.05) is 65.8 Å². The first-order valence-corrected chi connectivity index (χ1v) is 8.26. The first-order chi connectivity index (χ1) is 10.5. The van der Waals surface area contributed by atoms with Crippen LogP contribution in [0.2, 0.25) is 0 Å². The summed E-state index contributed by atoms with van der Waals surface area (Å²) < 4.78 is 0. The lowest BCUT2D eigenvalue weighted by molar-refractivity contribution is -0.114. The molecule has 0 aromatic heterocycles. The van der Waals surface area contributed by atoms with Gasteiger partial charge in [-0.2, -0.15) is 0 Å². The number of Topliss-reactive ketones (excluding diaryl/α,β-unsaturated/α-hetero) is 1. The van der Waals surface area contributed by atoms with Crippen LogP contribution in [0.15, 0.2) is 53.1 Å². The lowest BCUT2D eigenvalue weighted by atomic mass is 9.72. The molecule has 0 heterocycles. The average molecular weight is 308 g/mol. The van der Waals surface area contributed by atoms with E-state index < -0.39 is 0 Å². The van der Waals surface area contributed by atoms with Gasteiger partial charge in [-0.05, 0) is 52.7 Å². The van der Waals surface area contributed by atoms with Gasteiger partial charge in [0.25, 0.3) is 0 Å². The van der Waals surface area contributed by atoms with E-state index in [-0.39, 0.29) is 16.6 Å². The number of aryl methyl sites for hydroxylation is 1. The summed E-state index contributed by atoms with van der Waals surface area (Å²) in [5, 5.41) is 0. The largest absolute Gasteiger partial charge is 0.289 e. The molecule has 0 bridgehead atoms. The first-order valence-electron chi connectivity index (χ1n) is 8.26. The Balaban J connectivity index is 2.61. The number of carbonyl (C=O) groups excluding carboxylic acids is 1. The van der Waals surface area contributed by atoms with Gasteiger partial charge in [0.05, 0.1) is 0 Å². The molecule has 0 amide bonds. The van der Waals surface area contributed by atoms with Crippen molar-refractivity contribution in [1.29, 1.82) is 0 Å². The monoisotopic (exact) mass is 308 g/mol. The van der Waals surface area contributed by atoms with E-state index in [4.69, 9.17) is 0 Å². The van der Waals surface area contributed by atoms with E-state index in [0.29, 0.717) is 0 Å². The van der Waals surface area contributed by atoms with Gasteiger partial charge >= 0.3 is 0 Å². The normalized spacial score (nSPS) is 16.1. The van der Waals surface area contributed by atoms with Gasteiger partial charge in [0, 0.05) is 11.1 Å². The van der Waals surface area contributed by atoms with Crippen LogP contribution in [-0.4, -0.2) is 5.78 Å². The fourth-order valence-corrected chi connectivity index (χ4v) is 2.78. The highest BCUT2D eigenvalue weighted by Gasteiger charge is 2.33. The van der Waals surface area contributed by atoms with Crippen LogP contribution in [0, 0.1) is 17.8 Å². The molecule has 1 aliphatic carbocycles. The predicted molar refractivity (Wildman–Crippen MR) is 99.2 cm³/mol. The van der Waals surface area contributed by atoms with E-state index in [0.717, 1.165) is 16.7 Å². The van der Waals surface area contributed by atoms with Crippen molar-refractivity contribution < 1.29 is 4.79 Å². The Labute approximate surface area is 140 Å². The van der Waals surface area contributed by atoms with E-state index in [2.05, 4.69) is 91.0 Å². The Hall–Kier alpha value is -1.89. The summed E-state index contributed by atoms with van der Waals surface area (Å²) in [7, 11) is 0. The molecule has 0 atom stereocenters. The molecule has 1 aliphatic rings. The molecular formula is C22H28O. The Morgan fingerprint density at radius 2 is 1.30 bits per heavy atom. The molecule has 1 aromatic rings. The molecule has 0 aliphatic heterocycles. The van der Waals surface area contributed by atoms with E-state index >= 15 is 0 Å². The third-order valence-corrected chi connectivity index (χ3v) is 4.24. The van der Waals surface area contributed by atoms with Gasteiger partial charge in [0.15, 0.2) is 5.78 Å². The zero-order chi connectivity index (χ0) is 17.4. The van der Waals surface area contributed by atoms with Crippen molar-refractivity contribution in [2.75, 3.05) is 0 Å². The fourth-order valence-electron chi connectivity index (χ4n) is 2.78. The summed E-state index contributed by atoms with van der Waals surface area (Å²) in [6, 6.07) is 8.34. The third-order valence-electron chi connectivity index (χ3n) is 4.24. The quantitative estimate of drug-likeness (QED) is 0.630. The van der Waals surface area contributed by atoms with Crippen LogP contribution in [0.1, 0.15) is 52.7 Å². The number of benzene rings is 1. The summed E-state index contributed by atoms with van der Waals surface area (Å²) in [5.74, 6) is 0.187. The number of hydrogen-bond donors (Lipinski definition) is 0. The maximum atomic E-state index is 12.9. The van der Waals surface area contributed by atoms with Gasteiger partial charge < -0.3 is 0 Å². The zero-order valence-electron chi connectivity index (χ0n) is 15.4. The second kappa shape index (κ2) is 5.96. The minimum atomic E-state index is -0.160. The van der Waals surface area contributed by atoms with E-state index in [1.54, 1.807) is 0 Å². The predicted octanol–water partition coefficient (Wildman–Crippen LogP) is 5.91. The molecule has 0 saturated carbocycles. The smallest absolute Gasteiger partial charge is 0.186 e. The molecule has 0 radical (unpaired) electrons. The molecule has 23 heavy (non-hydrogen) atoms. The molecule has 0 spiro atoms. The minimum Gasteiger partial charge on any atom is -0.289 e. The maximum Gasteiger partial charge on any atom is 0.186 e. The number of allylic oxidation sites excluding steroid dienone is 5. The Morgan fingerprint density at radius 1 is 0.826 bits per heavy atom. The van der Waals surface area contributed by atoms with Crippen LogP contribution in [0.25, 0.3) is 6.08 Å². The molecule has 0 unspecified atom stereocenters. The van der Waals surface area contributed by atoms with Crippen molar-refractivity contribution in [3.63, 3.8) is 0 Å². The lowest BCUT2D eigenvalue weighted by Crippen LogP contribution is -2.27. The maximum absolute atomic E-state index is 12.9. The highest BCUT2D eigenvalue weighted by Crippen LogP contribution is 2.39. The van der Waals surface area contributed by atoms with Gasteiger partial charge in [0.2, 0.25) is 0 Å². The highest BCUT2D eigenvalue weighted by atomic mass is 16.1. The highest BCUT2D eigenvalue weighted by molar-refractivity contribution is 6.12. The number of hydrogen-bond acceptors (Lipinski definition) is 1. The van der Waals surface area contributed by atoms with Crippen LogP contribution in [0.4, 0.5) is 0 Å². The molecule has 122 valence electrons. The van der Waals surface area contributed by atoms with Gasteiger partial charge in [0.1, 0.15) is 0 Å². The van der Waals surface area contributed by atoms with Crippen LogP contribution in [0.3, 0.4) is 0 Å². The Bertz CT molecular complexity index is 677. The van der Waals surface area contributed by atoms with E-state index in [9.17, 15) is 4.79 Å². The van der Waals surface area contributed by atoms with Gasteiger partial charge in [-0.3, -0.25) is 4.79 Å². The molecule has 1 heteroatoms. The summed E-state index contributed by atoms with van der Waals surface area (Å²) >= 11 is 0. The summed E-state index contributed by atoms with van der Waals surface area (Å²) in [6.07, 6.45) is 6.30. The second-order valence-electron chi connectivity index (χ2n) is 8.45. The summed E-state index contributed by atoms with van der Waals surface area (Å²) in [4.78, 5) is 12.9. The molecular weight excluding hydrogens is 280 g/mol. The topological polar surface area (TPSA) is 17.1 Å². The first kappa shape index (κ1) is 17.5. The fraction of sp³-hybridized carbons (Fsp3) is 0.409. The van der Waals surface area contributed by atoms with Crippen LogP contribution in [0.5, 0.6) is 0 Å². The second-order valence-corrected chi connectivity index (χ2v) is 8.45. The van der Waals surface area contributed by atoms with E-state index in [1.165, 1.54) is 11.1 Å². The molecule has 1 nitrogen and oxygen atoms in total. The van der Waals surface area contributed by atoms with Crippen molar-refractivity contribution >= 4 is 11.9 Å². The molecule has 0 saturated heterocycles. The summed E-state index contributed by atoms with van der Waals surface area (Å²) in [6.45, 7) is 14.7. The SMILES string of the molecule is Cc1ccccc1C=C1C=C(C(C)(C)C)C(=O)C(C(C)(C)C)=C1. The minimum absolute atomic E-state index is 0.160. The van der Waals surface area contributed by atoms with Gasteiger partial charge in [-0.15, -0.1) is 0 Å². The number of ketones is 1.